The van der Waals surface area contributed by atoms with Crippen molar-refractivity contribution >= 4 is 11.9 Å². The minimum absolute atomic E-state index is 0.139. The molecule has 2 unspecified atom stereocenters. The van der Waals surface area contributed by atoms with Gasteiger partial charge in [0.1, 0.15) is 0 Å². The zero-order valence-corrected chi connectivity index (χ0v) is 11.2. The summed E-state index contributed by atoms with van der Waals surface area (Å²) in [4.78, 5) is 25.0. The number of amides is 1. The van der Waals surface area contributed by atoms with E-state index < -0.39 is 6.09 Å². The fraction of sp³-hybridized carbons (Fsp3) is 0.467. The van der Waals surface area contributed by atoms with E-state index in [1.54, 1.807) is 0 Å². The van der Waals surface area contributed by atoms with Gasteiger partial charge < -0.3 is 10.4 Å². The summed E-state index contributed by atoms with van der Waals surface area (Å²) in [5.41, 5.74) is 2.63. The van der Waals surface area contributed by atoms with Crippen LogP contribution in [0.15, 0.2) is 24.3 Å². The molecule has 0 saturated heterocycles. The Morgan fingerprint density at radius 3 is 2.80 bits per heavy atom. The third-order valence-electron chi connectivity index (χ3n) is 4.26. The van der Waals surface area contributed by atoms with Gasteiger partial charge in [0.05, 0.1) is 6.04 Å². The number of carbonyl (C=O) groups is 2. The first-order valence-corrected chi connectivity index (χ1v) is 6.96. The van der Waals surface area contributed by atoms with Gasteiger partial charge in [-0.05, 0) is 24.0 Å². The van der Waals surface area contributed by atoms with Crippen LogP contribution < -0.4 is 5.32 Å². The summed E-state index contributed by atoms with van der Waals surface area (Å²) in [6.07, 6.45) is 0.812. The Morgan fingerprint density at radius 1 is 1.30 bits per heavy atom. The summed E-state index contributed by atoms with van der Waals surface area (Å²) < 4.78 is 0. The molecule has 1 aliphatic carbocycles. The molecule has 1 aromatic carbocycles. The Labute approximate surface area is 117 Å². The second-order valence-corrected chi connectivity index (χ2v) is 5.56. The number of hydrogen-bond acceptors (Lipinski definition) is 3. The van der Waals surface area contributed by atoms with Gasteiger partial charge in [-0.3, -0.25) is 9.69 Å². The quantitative estimate of drug-likeness (QED) is 0.855. The molecule has 1 fully saturated rings. The number of benzene rings is 1. The molecule has 3 rings (SSSR count). The highest BCUT2D eigenvalue weighted by Crippen LogP contribution is 2.27. The molecular weight excluding hydrogens is 256 g/mol. The van der Waals surface area contributed by atoms with Crippen molar-refractivity contribution in [3.05, 3.63) is 35.4 Å². The Hall–Kier alpha value is -1.88. The summed E-state index contributed by atoms with van der Waals surface area (Å²) in [6, 6.07) is 7.93. The maximum atomic E-state index is 12.1. The Bertz CT molecular complexity index is 544. The van der Waals surface area contributed by atoms with Crippen LogP contribution >= 0.6 is 0 Å². The highest BCUT2D eigenvalue weighted by molar-refractivity contribution is 5.87. The normalized spacial score (nSPS) is 26.3. The van der Waals surface area contributed by atoms with Crippen molar-refractivity contribution in [2.75, 3.05) is 6.54 Å². The Morgan fingerprint density at radius 2 is 2.05 bits per heavy atom. The van der Waals surface area contributed by atoms with Crippen LogP contribution in [-0.4, -0.2) is 40.5 Å². The van der Waals surface area contributed by atoms with Crippen molar-refractivity contribution in [3.63, 3.8) is 0 Å². The number of ketones is 1. The lowest BCUT2D eigenvalue weighted by molar-refractivity contribution is -0.122. The van der Waals surface area contributed by atoms with E-state index in [4.69, 9.17) is 5.11 Å². The topological polar surface area (TPSA) is 69.6 Å². The average molecular weight is 274 g/mol. The van der Waals surface area contributed by atoms with Crippen LogP contribution in [0.25, 0.3) is 0 Å². The van der Waals surface area contributed by atoms with Crippen LogP contribution in [0.5, 0.6) is 0 Å². The number of fused-ring (bicyclic) bond motifs is 1. The summed E-state index contributed by atoms with van der Waals surface area (Å²) >= 11 is 0. The van der Waals surface area contributed by atoms with Crippen LogP contribution in [0.4, 0.5) is 4.79 Å². The predicted molar refractivity (Wildman–Crippen MR) is 73.5 cm³/mol. The lowest BCUT2D eigenvalue weighted by Crippen LogP contribution is -2.42. The monoisotopic (exact) mass is 274 g/mol. The zero-order valence-electron chi connectivity index (χ0n) is 11.2. The van der Waals surface area contributed by atoms with Crippen LogP contribution in [0.1, 0.15) is 24.0 Å². The first kappa shape index (κ1) is 13.1. The van der Waals surface area contributed by atoms with Gasteiger partial charge in [-0.1, -0.05) is 24.3 Å². The number of Topliss-reactive ketones (excluding diaryl/α,β-unsaturated/α-hetero) is 1. The first-order valence-electron chi connectivity index (χ1n) is 6.96. The lowest BCUT2D eigenvalue weighted by atomic mass is 9.98. The zero-order chi connectivity index (χ0) is 14.1. The predicted octanol–water partition coefficient (Wildman–Crippen LogP) is 1.41. The lowest BCUT2D eigenvalue weighted by Gasteiger charge is -2.32. The number of rotatable bonds is 2. The fourth-order valence-electron chi connectivity index (χ4n) is 3.28. The molecule has 0 spiro atoms. The molecule has 0 bridgehead atoms. The van der Waals surface area contributed by atoms with Gasteiger partial charge in [0, 0.05) is 25.6 Å². The number of carbonyl (C=O) groups excluding carboxylic acids is 1. The minimum atomic E-state index is -1.05. The minimum Gasteiger partial charge on any atom is -0.465 e. The summed E-state index contributed by atoms with van der Waals surface area (Å²) in [7, 11) is 0. The third-order valence-corrected chi connectivity index (χ3v) is 4.26. The second kappa shape index (κ2) is 5.25. The number of hydrogen-bond donors (Lipinski definition) is 2. The van der Waals surface area contributed by atoms with Gasteiger partial charge in [0.2, 0.25) is 0 Å². The molecule has 1 amide bonds. The molecule has 2 aliphatic rings. The van der Waals surface area contributed by atoms with Crippen molar-refractivity contribution in [1.29, 1.82) is 0 Å². The number of carboxylic acid groups (broad SMARTS) is 1. The van der Waals surface area contributed by atoms with Gasteiger partial charge in [0.15, 0.2) is 5.78 Å². The molecule has 1 aliphatic heterocycles. The third kappa shape index (κ3) is 2.54. The Balaban J connectivity index is 1.69. The molecule has 2 atom stereocenters. The van der Waals surface area contributed by atoms with Crippen LogP contribution in [0, 0.1) is 0 Å². The SMILES string of the molecule is O=C(O)NC1CC(=O)C(N2CCc3ccccc3C2)C1. The maximum absolute atomic E-state index is 12.1. The smallest absolute Gasteiger partial charge is 0.404 e. The Kier molecular flexibility index (Phi) is 3.44. The maximum Gasteiger partial charge on any atom is 0.404 e. The molecule has 2 N–H and O–H groups in total. The highest BCUT2D eigenvalue weighted by atomic mass is 16.4. The van der Waals surface area contributed by atoms with E-state index in [2.05, 4.69) is 22.3 Å². The summed E-state index contributed by atoms with van der Waals surface area (Å²) in [6.45, 7) is 1.65. The standard InChI is InChI=1S/C15H18N2O3/c18-14-8-12(16-15(19)20)7-13(14)17-6-5-10-3-1-2-4-11(10)9-17/h1-4,12-13,16H,5-9H2,(H,19,20). The van der Waals surface area contributed by atoms with E-state index in [0.29, 0.717) is 12.8 Å². The molecule has 5 nitrogen and oxygen atoms in total. The van der Waals surface area contributed by atoms with E-state index in [9.17, 15) is 9.59 Å². The number of nitrogens with one attached hydrogen (secondary N) is 1. The molecule has 1 saturated carbocycles. The van der Waals surface area contributed by atoms with E-state index in [0.717, 1.165) is 19.5 Å². The molecule has 1 aromatic rings. The van der Waals surface area contributed by atoms with Crippen molar-refractivity contribution in [2.24, 2.45) is 0 Å². The van der Waals surface area contributed by atoms with Crippen LogP contribution in [-0.2, 0) is 17.8 Å². The molecular formula is C15H18N2O3. The molecule has 1 heterocycles. The molecule has 0 aromatic heterocycles. The molecule has 5 heteroatoms. The van der Waals surface area contributed by atoms with Gasteiger partial charge in [-0.25, -0.2) is 4.79 Å². The van der Waals surface area contributed by atoms with Gasteiger partial charge in [-0.15, -0.1) is 0 Å². The van der Waals surface area contributed by atoms with Crippen molar-refractivity contribution in [1.82, 2.24) is 10.2 Å². The van der Waals surface area contributed by atoms with E-state index in [1.165, 1.54) is 11.1 Å². The van der Waals surface area contributed by atoms with E-state index >= 15 is 0 Å². The average Bonchev–Trinajstić information content (AvgIpc) is 2.78. The van der Waals surface area contributed by atoms with Crippen LogP contribution in [0.3, 0.4) is 0 Å². The fourth-order valence-corrected chi connectivity index (χ4v) is 3.28. The van der Waals surface area contributed by atoms with Gasteiger partial charge in [-0.2, -0.15) is 0 Å². The molecule has 106 valence electrons. The van der Waals surface area contributed by atoms with Crippen molar-refractivity contribution in [3.8, 4) is 0 Å². The molecule has 0 radical (unpaired) electrons. The van der Waals surface area contributed by atoms with Crippen molar-refractivity contribution in [2.45, 2.75) is 37.9 Å². The summed E-state index contributed by atoms with van der Waals surface area (Å²) in [5, 5.41) is 11.2. The highest BCUT2D eigenvalue weighted by Gasteiger charge is 2.38. The first-order chi connectivity index (χ1) is 9.63. The second-order valence-electron chi connectivity index (χ2n) is 5.56. The van der Waals surface area contributed by atoms with Gasteiger partial charge >= 0.3 is 6.09 Å². The van der Waals surface area contributed by atoms with E-state index in [1.807, 2.05) is 12.1 Å². The van der Waals surface area contributed by atoms with Crippen LogP contribution in [0.2, 0.25) is 0 Å². The van der Waals surface area contributed by atoms with Crippen molar-refractivity contribution < 1.29 is 14.7 Å². The number of nitrogens with zero attached hydrogens (tertiary/aromatic N) is 1. The van der Waals surface area contributed by atoms with E-state index in [-0.39, 0.29) is 17.9 Å². The summed E-state index contributed by atoms with van der Waals surface area (Å²) in [5.74, 6) is 0.156. The van der Waals surface area contributed by atoms with Gasteiger partial charge in [0.25, 0.3) is 0 Å². The largest absolute Gasteiger partial charge is 0.465 e. The molecule has 20 heavy (non-hydrogen) atoms.